The van der Waals surface area contributed by atoms with E-state index >= 15 is 0 Å². The van der Waals surface area contributed by atoms with Crippen molar-refractivity contribution in [3.63, 3.8) is 0 Å². The number of nitrogens with one attached hydrogen (secondary N) is 1. The molecule has 35 heavy (non-hydrogen) atoms. The van der Waals surface area contributed by atoms with Crippen LogP contribution in [0.1, 0.15) is 27.9 Å². The summed E-state index contributed by atoms with van der Waals surface area (Å²) in [5.74, 6) is 0.746. The zero-order valence-corrected chi connectivity index (χ0v) is 21.5. The van der Waals surface area contributed by atoms with Gasteiger partial charge in [0.1, 0.15) is 5.03 Å². The van der Waals surface area contributed by atoms with Crippen LogP contribution in [0, 0.1) is 5.92 Å². The number of carbonyl (C=O) groups excluding carboxylic acids is 2. The number of benzene rings is 2. The molecule has 0 saturated carbocycles. The van der Waals surface area contributed by atoms with Crippen molar-refractivity contribution in [3.8, 4) is 0 Å². The van der Waals surface area contributed by atoms with E-state index in [-0.39, 0.29) is 17.7 Å². The van der Waals surface area contributed by atoms with Crippen LogP contribution in [-0.2, 0) is 17.6 Å². The molecule has 1 N–H and O–H groups in total. The number of nitrogens with zero attached hydrogens (tertiary/aromatic N) is 4. The molecule has 7 nitrogen and oxygen atoms in total. The first-order valence-electron chi connectivity index (χ1n) is 11.2. The molecule has 3 aromatic rings. The highest BCUT2D eigenvalue weighted by Gasteiger charge is 2.31. The van der Waals surface area contributed by atoms with E-state index in [1.807, 2.05) is 6.07 Å². The number of hydrogen-bond donors (Lipinski definition) is 1. The summed E-state index contributed by atoms with van der Waals surface area (Å²) in [6.07, 6.45) is 3.98. The minimum Gasteiger partial charge on any atom is -0.349 e. The highest BCUT2D eigenvalue weighted by Crippen LogP contribution is 2.39. The number of anilines is 3. The van der Waals surface area contributed by atoms with Crippen LogP contribution in [-0.4, -0.2) is 46.7 Å². The predicted octanol–water partition coefficient (Wildman–Crippen LogP) is 5.43. The number of aromatic nitrogens is 2. The van der Waals surface area contributed by atoms with Gasteiger partial charge in [-0.2, -0.15) is 0 Å². The Morgan fingerprint density at radius 1 is 1.17 bits per heavy atom. The van der Waals surface area contributed by atoms with Gasteiger partial charge in [-0.15, -0.1) is 0 Å². The quantitative estimate of drug-likeness (QED) is 0.455. The first-order valence-corrected chi connectivity index (χ1v) is 12.9. The smallest absolute Gasteiger partial charge is 0.263 e. The molecule has 0 spiro atoms. The molecule has 1 aliphatic carbocycles. The predicted molar refractivity (Wildman–Crippen MR) is 140 cm³/mol. The maximum atomic E-state index is 13.1. The van der Waals surface area contributed by atoms with Crippen LogP contribution in [0.5, 0.6) is 0 Å². The molecule has 1 unspecified atom stereocenters. The van der Waals surface area contributed by atoms with E-state index in [2.05, 4.69) is 27.4 Å². The highest BCUT2D eigenvalue weighted by molar-refractivity contribution is 7.99. The van der Waals surface area contributed by atoms with Crippen molar-refractivity contribution in [1.29, 1.82) is 0 Å². The summed E-state index contributed by atoms with van der Waals surface area (Å²) in [6, 6.07) is 11.3. The van der Waals surface area contributed by atoms with Crippen LogP contribution in [0.25, 0.3) is 0 Å². The van der Waals surface area contributed by atoms with Crippen molar-refractivity contribution >= 4 is 64.1 Å². The molecule has 10 heteroatoms. The van der Waals surface area contributed by atoms with Crippen molar-refractivity contribution in [1.82, 2.24) is 14.9 Å². The SMILES string of the molecule is CN(C)C(=O)C1CCc2cc(Nc3ncc4c(n3)SCN(c3c(Cl)cccc3Cl)C4=O)ccc2C1. The maximum absolute atomic E-state index is 13.1. The summed E-state index contributed by atoms with van der Waals surface area (Å²) in [7, 11) is 3.61. The number of fused-ring (bicyclic) bond motifs is 2. The van der Waals surface area contributed by atoms with Gasteiger partial charge in [-0.3, -0.25) is 14.5 Å². The number of thioether (sulfide) groups is 1. The van der Waals surface area contributed by atoms with Gasteiger partial charge in [-0.1, -0.05) is 47.1 Å². The largest absolute Gasteiger partial charge is 0.349 e. The molecule has 1 aliphatic heterocycles. The monoisotopic (exact) mass is 527 g/mol. The van der Waals surface area contributed by atoms with Crippen LogP contribution in [0.4, 0.5) is 17.3 Å². The van der Waals surface area contributed by atoms with Gasteiger partial charge < -0.3 is 10.2 Å². The van der Waals surface area contributed by atoms with Gasteiger partial charge in [-0.25, -0.2) is 9.97 Å². The Hall–Kier alpha value is -2.81. The highest BCUT2D eigenvalue weighted by atomic mass is 35.5. The average molecular weight is 528 g/mol. The molecule has 180 valence electrons. The molecule has 2 aromatic carbocycles. The Kier molecular flexibility index (Phi) is 6.61. The average Bonchev–Trinajstić information content (AvgIpc) is 2.84. The molecule has 0 radical (unpaired) electrons. The molecular formula is C25H23Cl2N5O2S. The third kappa shape index (κ3) is 4.70. The molecule has 0 bridgehead atoms. The van der Waals surface area contributed by atoms with E-state index in [1.54, 1.807) is 42.1 Å². The number of aryl methyl sites for hydroxylation is 1. The minimum atomic E-state index is -0.240. The number of carbonyl (C=O) groups is 2. The molecule has 1 atom stereocenters. The second-order valence-corrected chi connectivity index (χ2v) is 10.5. The lowest BCUT2D eigenvalue weighted by atomic mass is 9.83. The fourth-order valence-corrected chi connectivity index (χ4v) is 6.01. The lowest BCUT2D eigenvalue weighted by Crippen LogP contribution is -2.35. The molecule has 5 rings (SSSR count). The first kappa shape index (κ1) is 23.9. The standard InChI is InChI=1S/C25H23Cl2N5O2S/c1-31(2)23(33)16-7-6-15-11-17(9-8-14(15)10-16)29-25-28-12-18-22(30-25)35-13-32(24(18)34)21-19(26)4-3-5-20(21)27/h3-5,8-9,11-12,16H,6-7,10,13H2,1-2H3,(H,28,29,30). The van der Waals surface area contributed by atoms with E-state index in [0.29, 0.717) is 38.1 Å². The second kappa shape index (κ2) is 9.68. The normalized spacial score (nSPS) is 17.0. The van der Waals surface area contributed by atoms with Crippen LogP contribution < -0.4 is 10.2 Å². The number of amides is 2. The van der Waals surface area contributed by atoms with Gasteiger partial charge in [0, 0.05) is 31.9 Å². The van der Waals surface area contributed by atoms with E-state index in [9.17, 15) is 9.59 Å². The van der Waals surface area contributed by atoms with Crippen molar-refractivity contribution < 1.29 is 9.59 Å². The summed E-state index contributed by atoms with van der Waals surface area (Å²) in [5, 5.41) is 4.69. The molecule has 2 aliphatic rings. The summed E-state index contributed by atoms with van der Waals surface area (Å²) >= 11 is 14.0. The van der Waals surface area contributed by atoms with Gasteiger partial charge in [0.25, 0.3) is 5.91 Å². The fourth-order valence-electron chi connectivity index (χ4n) is 4.46. The van der Waals surface area contributed by atoms with Gasteiger partial charge >= 0.3 is 0 Å². The fraction of sp³-hybridized carbons (Fsp3) is 0.280. The molecule has 0 saturated heterocycles. The van der Waals surface area contributed by atoms with Crippen LogP contribution >= 0.6 is 35.0 Å². The van der Waals surface area contributed by atoms with Crippen molar-refractivity contribution in [2.45, 2.75) is 24.3 Å². The number of para-hydroxylation sites is 1. The molecular weight excluding hydrogens is 505 g/mol. The maximum Gasteiger partial charge on any atom is 0.263 e. The Labute approximate surface area is 217 Å². The number of rotatable bonds is 4. The Morgan fingerprint density at radius 2 is 1.94 bits per heavy atom. The lowest BCUT2D eigenvalue weighted by Gasteiger charge is -2.28. The van der Waals surface area contributed by atoms with Gasteiger partial charge in [0.15, 0.2) is 0 Å². The topological polar surface area (TPSA) is 78.4 Å². The third-order valence-corrected chi connectivity index (χ3v) is 7.83. The van der Waals surface area contributed by atoms with Gasteiger partial charge in [-0.05, 0) is 54.7 Å². The molecule has 0 fully saturated rings. The Balaban J connectivity index is 1.32. The summed E-state index contributed by atoms with van der Waals surface area (Å²) in [6.45, 7) is 0. The van der Waals surface area contributed by atoms with Gasteiger partial charge in [0.2, 0.25) is 11.9 Å². The van der Waals surface area contributed by atoms with Crippen molar-refractivity contribution in [2.75, 3.05) is 30.2 Å². The zero-order valence-electron chi connectivity index (χ0n) is 19.2. The van der Waals surface area contributed by atoms with E-state index in [1.165, 1.54) is 29.1 Å². The van der Waals surface area contributed by atoms with Crippen LogP contribution in [0.3, 0.4) is 0 Å². The van der Waals surface area contributed by atoms with Crippen molar-refractivity contribution in [3.05, 3.63) is 69.3 Å². The van der Waals surface area contributed by atoms with Crippen LogP contribution in [0.15, 0.2) is 47.6 Å². The summed E-state index contributed by atoms with van der Waals surface area (Å²) in [4.78, 5) is 37.7. The third-order valence-electron chi connectivity index (χ3n) is 6.25. The lowest BCUT2D eigenvalue weighted by molar-refractivity contribution is -0.133. The molecule has 1 aromatic heterocycles. The van der Waals surface area contributed by atoms with Crippen molar-refractivity contribution in [2.24, 2.45) is 5.92 Å². The summed E-state index contributed by atoms with van der Waals surface area (Å²) in [5.41, 5.74) is 4.20. The van der Waals surface area contributed by atoms with E-state index in [4.69, 9.17) is 23.2 Å². The molecule has 2 heterocycles. The number of halogens is 2. The zero-order chi connectivity index (χ0) is 24.7. The Morgan fingerprint density at radius 3 is 2.69 bits per heavy atom. The molecule has 2 amide bonds. The minimum absolute atomic E-state index is 0.0371. The summed E-state index contributed by atoms with van der Waals surface area (Å²) < 4.78 is 0. The Bertz CT molecular complexity index is 1310. The van der Waals surface area contributed by atoms with Gasteiger partial charge in [0.05, 0.1) is 27.2 Å². The van der Waals surface area contributed by atoms with E-state index < -0.39 is 0 Å². The van der Waals surface area contributed by atoms with Crippen LogP contribution in [0.2, 0.25) is 10.0 Å². The second-order valence-electron chi connectivity index (χ2n) is 8.77. The first-order chi connectivity index (χ1) is 16.8. The van der Waals surface area contributed by atoms with E-state index in [0.717, 1.165) is 24.9 Å². The number of hydrogen-bond acceptors (Lipinski definition) is 6.